The van der Waals surface area contributed by atoms with Crippen LogP contribution in [-0.2, 0) is 6.54 Å². The smallest absolute Gasteiger partial charge is 0.329 e. The quantitative estimate of drug-likeness (QED) is 0.716. The molecule has 0 spiro atoms. The summed E-state index contributed by atoms with van der Waals surface area (Å²) in [5.74, 6) is 1.21. The minimum atomic E-state index is 0.0386. The van der Waals surface area contributed by atoms with Gasteiger partial charge < -0.3 is 4.90 Å². The number of hydrogen-bond donors (Lipinski definition) is 2. The number of carbonyl (C=O) groups is 1. The summed E-state index contributed by atoms with van der Waals surface area (Å²) in [6, 6.07) is 6.19. The zero-order chi connectivity index (χ0) is 21.4. The zero-order valence-electron chi connectivity index (χ0n) is 18.6. The Morgan fingerprint density at radius 2 is 1.77 bits per heavy atom. The van der Waals surface area contributed by atoms with Crippen molar-refractivity contribution in [3.63, 3.8) is 0 Å². The van der Waals surface area contributed by atoms with Gasteiger partial charge in [0.15, 0.2) is 0 Å². The van der Waals surface area contributed by atoms with Crippen LogP contribution in [0.15, 0.2) is 23.0 Å². The predicted octanol–water partition coefficient (Wildman–Crippen LogP) is 2.90. The molecule has 0 bridgehead atoms. The van der Waals surface area contributed by atoms with Crippen molar-refractivity contribution in [3.8, 4) is 0 Å². The summed E-state index contributed by atoms with van der Waals surface area (Å²) >= 11 is 0. The SMILES string of the molecule is CN(CCC1CNNC1)C(=O)c1ccc2c(c1)n(CC1CC1)c(=O)n2C1CCCCC1. The van der Waals surface area contributed by atoms with Crippen LogP contribution in [0.2, 0.25) is 0 Å². The lowest BCUT2D eigenvalue weighted by molar-refractivity contribution is 0.0789. The third kappa shape index (κ3) is 4.30. The van der Waals surface area contributed by atoms with Crippen molar-refractivity contribution in [2.45, 2.75) is 64.0 Å². The van der Waals surface area contributed by atoms with E-state index in [2.05, 4.69) is 10.9 Å². The topological polar surface area (TPSA) is 71.3 Å². The summed E-state index contributed by atoms with van der Waals surface area (Å²) < 4.78 is 3.99. The van der Waals surface area contributed by atoms with Crippen molar-refractivity contribution in [1.82, 2.24) is 24.9 Å². The van der Waals surface area contributed by atoms with Crippen molar-refractivity contribution in [2.75, 3.05) is 26.7 Å². The van der Waals surface area contributed by atoms with Gasteiger partial charge in [0.2, 0.25) is 0 Å². The summed E-state index contributed by atoms with van der Waals surface area (Å²) in [5, 5.41) is 0. The molecule has 1 aromatic carbocycles. The number of fused-ring (bicyclic) bond motifs is 1. The summed E-state index contributed by atoms with van der Waals surface area (Å²) in [7, 11) is 1.88. The molecule has 7 nitrogen and oxygen atoms in total. The average molecular weight is 426 g/mol. The summed E-state index contributed by atoms with van der Waals surface area (Å²) in [6.07, 6.45) is 9.20. The van der Waals surface area contributed by atoms with Crippen molar-refractivity contribution < 1.29 is 4.79 Å². The predicted molar refractivity (Wildman–Crippen MR) is 122 cm³/mol. The lowest BCUT2D eigenvalue weighted by atomic mass is 9.95. The highest BCUT2D eigenvalue weighted by Gasteiger charge is 2.28. The Bertz CT molecular complexity index is 993. The molecule has 2 aromatic rings. The molecule has 1 amide bonds. The average Bonchev–Trinajstić information content (AvgIpc) is 3.38. The number of nitrogens with zero attached hydrogens (tertiary/aromatic N) is 3. The van der Waals surface area contributed by atoms with E-state index in [1.54, 1.807) is 0 Å². The number of hydrogen-bond acceptors (Lipinski definition) is 4. The molecule has 2 heterocycles. The van der Waals surface area contributed by atoms with Crippen LogP contribution in [0.4, 0.5) is 0 Å². The maximum atomic E-state index is 13.4. The van der Waals surface area contributed by atoms with Crippen LogP contribution in [0, 0.1) is 11.8 Å². The second kappa shape index (κ2) is 8.79. The third-order valence-corrected chi connectivity index (χ3v) is 7.41. The van der Waals surface area contributed by atoms with E-state index in [4.69, 9.17) is 0 Å². The monoisotopic (exact) mass is 425 g/mol. The Morgan fingerprint density at radius 1 is 1.03 bits per heavy atom. The van der Waals surface area contributed by atoms with Gasteiger partial charge in [-0.25, -0.2) is 4.79 Å². The minimum Gasteiger partial charge on any atom is -0.342 e. The Balaban J connectivity index is 1.43. The fourth-order valence-electron chi connectivity index (χ4n) is 5.25. The van der Waals surface area contributed by atoms with E-state index in [0.29, 0.717) is 23.4 Å². The van der Waals surface area contributed by atoms with Gasteiger partial charge in [0.1, 0.15) is 0 Å². The van der Waals surface area contributed by atoms with Gasteiger partial charge in [0.05, 0.1) is 11.0 Å². The molecule has 2 saturated carbocycles. The molecule has 5 rings (SSSR count). The highest BCUT2D eigenvalue weighted by molar-refractivity contribution is 5.97. The Kier molecular flexibility index (Phi) is 5.89. The van der Waals surface area contributed by atoms with Crippen LogP contribution in [-0.4, -0.2) is 46.6 Å². The number of nitrogens with one attached hydrogen (secondary N) is 2. The molecular weight excluding hydrogens is 390 g/mol. The largest absolute Gasteiger partial charge is 0.342 e. The van der Waals surface area contributed by atoms with Gasteiger partial charge in [-0.1, -0.05) is 19.3 Å². The van der Waals surface area contributed by atoms with Crippen molar-refractivity contribution in [2.24, 2.45) is 11.8 Å². The van der Waals surface area contributed by atoms with Crippen LogP contribution in [0.3, 0.4) is 0 Å². The van der Waals surface area contributed by atoms with Gasteiger partial charge in [-0.05, 0) is 62.1 Å². The zero-order valence-corrected chi connectivity index (χ0v) is 18.6. The van der Waals surface area contributed by atoms with Crippen LogP contribution in [0.25, 0.3) is 11.0 Å². The van der Waals surface area contributed by atoms with Crippen molar-refractivity contribution in [3.05, 3.63) is 34.2 Å². The molecule has 1 saturated heterocycles. The second-order valence-corrected chi connectivity index (χ2v) is 9.85. The number of amides is 1. The highest BCUT2D eigenvalue weighted by Crippen LogP contribution is 2.34. The van der Waals surface area contributed by atoms with Gasteiger partial charge in [-0.3, -0.25) is 24.8 Å². The van der Waals surface area contributed by atoms with Crippen molar-refractivity contribution >= 4 is 16.9 Å². The van der Waals surface area contributed by atoms with Crippen LogP contribution < -0.4 is 16.5 Å². The molecule has 168 valence electrons. The van der Waals surface area contributed by atoms with E-state index in [0.717, 1.165) is 56.5 Å². The molecule has 0 radical (unpaired) electrons. The van der Waals surface area contributed by atoms with E-state index >= 15 is 0 Å². The summed E-state index contributed by atoms with van der Waals surface area (Å²) in [6.45, 7) is 3.43. The van der Waals surface area contributed by atoms with Gasteiger partial charge in [-0.2, -0.15) is 0 Å². The van der Waals surface area contributed by atoms with E-state index in [9.17, 15) is 9.59 Å². The maximum absolute atomic E-state index is 13.4. The van der Waals surface area contributed by atoms with Crippen molar-refractivity contribution in [1.29, 1.82) is 0 Å². The lowest BCUT2D eigenvalue weighted by Gasteiger charge is -2.23. The number of rotatable bonds is 7. The third-order valence-electron chi connectivity index (χ3n) is 7.41. The molecule has 0 atom stereocenters. The fraction of sp³-hybridized carbons (Fsp3) is 0.667. The number of benzene rings is 1. The summed E-state index contributed by atoms with van der Waals surface area (Å²) in [4.78, 5) is 28.4. The van der Waals surface area contributed by atoms with Crippen LogP contribution in [0.5, 0.6) is 0 Å². The number of carbonyl (C=O) groups excluding carboxylic acids is 1. The Hall–Kier alpha value is -2.12. The first kappa shape index (κ1) is 20.8. The van der Waals surface area contributed by atoms with Gasteiger partial charge in [-0.15, -0.1) is 0 Å². The van der Waals surface area contributed by atoms with Gasteiger partial charge >= 0.3 is 5.69 Å². The van der Waals surface area contributed by atoms with Gasteiger partial charge in [0.25, 0.3) is 5.91 Å². The molecule has 0 unspecified atom stereocenters. The van der Waals surface area contributed by atoms with Gasteiger partial charge in [0, 0.05) is 44.8 Å². The molecule has 2 N–H and O–H groups in total. The number of hydrazine groups is 1. The molecule has 3 fully saturated rings. The fourth-order valence-corrected chi connectivity index (χ4v) is 5.25. The van der Waals surface area contributed by atoms with E-state index in [1.165, 1.54) is 32.1 Å². The van der Waals surface area contributed by atoms with Crippen LogP contribution in [0.1, 0.15) is 67.8 Å². The normalized spacial score (nSPS) is 20.5. The highest BCUT2D eigenvalue weighted by atomic mass is 16.2. The Morgan fingerprint density at radius 3 is 2.48 bits per heavy atom. The molecule has 2 aliphatic carbocycles. The lowest BCUT2D eigenvalue weighted by Crippen LogP contribution is -2.29. The molecule has 1 aliphatic heterocycles. The van der Waals surface area contributed by atoms with Crippen LogP contribution >= 0.6 is 0 Å². The standard InChI is InChI=1S/C24H35N5O2/c1-27(12-11-18-14-25-26-15-18)23(30)19-9-10-21-22(13-19)28(16-17-7-8-17)24(31)29(21)20-5-3-2-4-6-20/h9-10,13,17-18,20,25-26H,2-8,11-12,14-16H2,1H3. The van der Waals surface area contributed by atoms with E-state index in [1.807, 2.05) is 39.3 Å². The molecular formula is C24H35N5O2. The first-order valence-corrected chi connectivity index (χ1v) is 12.1. The number of aromatic nitrogens is 2. The molecule has 3 aliphatic rings. The minimum absolute atomic E-state index is 0.0386. The first-order chi connectivity index (χ1) is 15.1. The number of imidazole rings is 1. The molecule has 7 heteroatoms. The second-order valence-electron chi connectivity index (χ2n) is 9.85. The van der Waals surface area contributed by atoms with E-state index in [-0.39, 0.29) is 11.6 Å². The maximum Gasteiger partial charge on any atom is 0.329 e. The molecule has 31 heavy (non-hydrogen) atoms. The Labute approximate surface area is 183 Å². The first-order valence-electron chi connectivity index (χ1n) is 12.1. The molecule has 1 aromatic heterocycles. The summed E-state index contributed by atoms with van der Waals surface area (Å²) in [5.41, 5.74) is 9.04. The van der Waals surface area contributed by atoms with E-state index < -0.39 is 0 Å².